The molecule has 0 aliphatic carbocycles. The highest BCUT2D eigenvalue weighted by Gasteiger charge is 2.22. The van der Waals surface area contributed by atoms with Gasteiger partial charge in [0, 0.05) is 40.1 Å². The minimum absolute atomic E-state index is 0. The number of carbonyl (C=O) groups excluding carboxylic acids is 1. The lowest BCUT2D eigenvalue weighted by atomic mass is 9.97. The minimum atomic E-state index is -0.534. The van der Waals surface area contributed by atoms with E-state index in [1.54, 1.807) is 36.4 Å². The first kappa shape index (κ1) is 24.1. The Hall–Kier alpha value is -2.20. The number of anilines is 2. The normalized spacial score (nSPS) is 11.3. The highest BCUT2D eigenvalue weighted by atomic mass is 35.5. The zero-order valence-corrected chi connectivity index (χ0v) is 19.3. The lowest BCUT2D eigenvalue weighted by Gasteiger charge is -2.23. The average molecular weight is 464 g/mol. The summed E-state index contributed by atoms with van der Waals surface area (Å²) in [5.74, 6) is -0.0307. The average Bonchev–Trinajstić information content (AvgIpc) is 2.75. The molecule has 6 heteroatoms. The summed E-state index contributed by atoms with van der Waals surface area (Å²) < 4.78 is 0. The Kier molecular flexibility index (Phi) is 9.04. The minimum Gasteiger partial charge on any atom is -0.372 e. The number of rotatable bonds is 8. The van der Waals surface area contributed by atoms with Gasteiger partial charge in [-0.15, -0.1) is 12.4 Å². The zero-order chi connectivity index (χ0) is 20.8. The van der Waals surface area contributed by atoms with E-state index in [2.05, 4.69) is 36.2 Å². The molecule has 3 aromatic carbocycles. The molecule has 0 aromatic heterocycles. The predicted octanol–water partition coefficient (Wildman–Crippen LogP) is 7.30. The van der Waals surface area contributed by atoms with E-state index in [9.17, 15) is 4.79 Å². The number of hydrogen-bond acceptors (Lipinski definition) is 3. The van der Waals surface area contributed by atoms with E-state index in [1.807, 2.05) is 24.3 Å². The topological polar surface area (TPSA) is 32.3 Å². The van der Waals surface area contributed by atoms with Crippen LogP contribution in [0.25, 0.3) is 0 Å². The fraction of sp³-hybridized carbons (Fsp3) is 0.208. The number of nitrogens with one attached hydrogen (secondary N) is 1. The van der Waals surface area contributed by atoms with E-state index < -0.39 is 6.04 Å². The molecule has 0 fully saturated rings. The van der Waals surface area contributed by atoms with Crippen LogP contribution in [0.15, 0.2) is 72.8 Å². The maximum Gasteiger partial charge on any atom is 0.189 e. The Balaban J connectivity index is 0.00000320. The second-order valence-corrected chi connectivity index (χ2v) is 7.59. The standard InChI is InChI=1S/C24H24Cl2N2O.ClH/c1-3-28(4-2)22-15-13-21(14-16-22)27-23(17-5-9-19(25)10-6-17)24(29)18-7-11-20(26)12-8-18;/h5-16,23,27H,3-4H2,1-2H3;1H. The summed E-state index contributed by atoms with van der Waals surface area (Å²) in [6, 6.07) is 21.9. The fourth-order valence-electron chi connectivity index (χ4n) is 3.26. The van der Waals surface area contributed by atoms with Crippen LogP contribution in [0.3, 0.4) is 0 Å². The molecule has 0 saturated heterocycles. The molecule has 0 aliphatic rings. The van der Waals surface area contributed by atoms with Crippen molar-refractivity contribution in [3.8, 4) is 0 Å². The van der Waals surface area contributed by atoms with Crippen LogP contribution in [0.2, 0.25) is 10.0 Å². The summed E-state index contributed by atoms with van der Waals surface area (Å²) in [5, 5.41) is 4.62. The van der Waals surface area contributed by atoms with E-state index in [-0.39, 0.29) is 18.2 Å². The highest BCUT2D eigenvalue weighted by molar-refractivity contribution is 6.31. The van der Waals surface area contributed by atoms with E-state index in [0.717, 1.165) is 30.0 Å². The van der Waals surface area contributed by atoms with Crippen molar-refractivity contribution in [2.24, 2.45) is 0 Å². The molecule has 3 aromatic rings. The van der Waals surface area contributed by atoms with Crippen molar-refractivity contribution in [3.63, 3.8) is 0 Å². The molecule has 1 atom stereocenters. The summed E-state index contributed by atoms with van der Waals surface area (Å²) in [4.78, 5) is 15.5. The summed E-state index contributed by atoms with van der Waals surface area (Å²) in [5.41, 5.74) is 3.49. The number of Topliss-reactive ketones (excluding diaryl/α,β-unsaturated/α-hetero) is 1. The molecular formula is C24H25Cl3N2O. The largest absolute Gasteiger partial charge is 0.372 e. The number of benzene rings is 3. The smallest absolute Gasteiger partial charge is 0.189 e. The first-order valence-corrected chi connectivity index (χ1v) is 10.4. The molecular weight excluding hydrogens is 439 g/mol. The van der Waals surface area contributed by atoms with Crippen molar-refractivity contribution in [1.29, 1.82) is 0 Å². The molecule has 158 valence electrons. The van der Waals surface area contributed by atoms with Crippen LogP contribution in [0.5, 0.6) is 0 Å². The van der Waals surface area contributed by atoms with Gasteiger partial charge in [0.2, 0.25) is 0 Å². The maximum absolute atomic E-state index is 13.3. The van der Waals surface area contributed by atoms with E-state index in [0.29, 0.717) is 15.6 Å². The Morgan fingerprint density at radius 2 is 1.33 bits per heavy atom. The number of halogens is 3. The molecule has 0 radical (unpaired) electrons. The van der Waals surface area contributed by atoms with Gasteiger partial charge >= 0.3 is 0 Å². The zero-order valence-electron chi connectivity index (χ0n) is 16.9. The molecule has 1 N–H and O–H groups in total. The monoisotopic (exact) mass is 462 g/mol. The van der Waals surface area contributed by atoms with E-state index in [1.165, 1.54) is 0 Å². The third kappa shape index (κ3) is 5.91. The van der Waals surface area contributed by atoms with Gasteiger partial charge in [-0.2, -0.15) is 0 Å². The first-order valence-electron chi connectivity index (χ1n) is 9.68. The van der Waals surface area contributed by atoms with Crippen LogP contribution in [0.1, 0.15) is 35.8 Å². The maximum atomic E-state index is 13.3. The van der Waals surface area contributed by atoms with Crippen molar-refractivity contribution in [2.45, 2.75) is 19.9 Å². The van der Waals surface area contributed by atoms with Crippen molar-refractivity contribution < 1.29 is 4.79 Å². The molecule has 0 amide bonds. The second kappa shape index (κ2) is 11.3. The predicted molar refractivity (Wildman–Crippen MR) is 131 cm³/mol. The molecule has 0 aliphatic heterocycles. The lowest BCUT2D eigenvalue weighted by Crippen LogP contribution is -2.22. The van der Waals surface area contributed by atoms with Crippen LogP contribution in [0.4, 0.5) is 11.4 Å². The molecule has 3 nitrogen and oxygen atoms in total. The number of ketones is 1. The molecule has 30 heavy (non-hydrogen) atoms. The van der Waals surface area contributed by atoms with Crippen LogP contribution < -0.4 is 10.2 Å². The van der Waals surface area contributed by atoms with Gasteiger partial charge in [0.25, 0.3) is 0 Å². The van der Waals surface area contributed by atoms with Crippen molar-refractivity contribution in [1.82, 2.24) is 0 Å². The third-order valence-corrected chi connectivity index (χ3v) is 5.41. The molecule has 0 spiro atoms. The van der Waals surface area contributed by atoms with Gasteiger partial charge in [-0.25, -0.2) is 0 Å². The van der Waals surface area contributed by atoms with Crippen molar-refractivity contribution >= 4 is 52.8 Å². The van der Waals surface area contributed by atoms with Crippen LogP contribution in [-0.4, -0.2) is 18.9 Å². The van der Waals surface area contributed by atoms with E-state index >= 15 is 0 Å². The Morgan fingerprint density at radius 1 is 0.833 bits per heavy atom. The number of nitrogens with zero attached hydrogens (tertiary/aromatic N) is 1. The van der Waals surface area contributed by atoms with Gasteiger partial charge in [0.1, 0.15) is 6.04 Å². The second-order valence-electron chi connectivity index (χ2n) is 6.72. The van der Waals surface area contributed by atoms with Gasteiger partial charge in [0.05, 0.1) is 0 Å². The van der Waals surface area contributed by atoms with Crippen molar-refractivity contribution in [2.75, 3.05) is 23.3 Å². The molecule has 0 heterocycles. The molecule has 0 bridgehead atoms. The first-order chi connectivity index (χ1) is 14.0. The van der Waals surface area contributed by atoms with Gasteiger partial charge in [-0.3, -0.25) is 4.79 Å². The summed E-state index contributed by atoms with van der Waals surface area (Å²) in [7, 11) is 0. The van der Waals surface area contributed by atoms with Gasteiger partial charge in [-0.1, -0.05) is 35.3 Å². The SMILES string of the molecule is CCN(CC)c1ccc(NC(C(=O)c2ccc(Cl)cc2)c2ccc(Cl)cc2)cc1.Cl. The Labute approximate surface area is 194 Å². The summed E-state index contributed by atoms with van der Waals surface area (Å²) >= 11 is 12.0. The van der Waals surface area contributed by atoms with Gasteiger partial charge in [-0.05, 0) is 80.1 Å². The van der Waals surface area contributed by atoms with Gasteiger partial charge < -0.3 is 10.2 Å². The van der Waals surface area contributed by atoms with E-state index in [4.69, 9.17) is 23.2 Å². The molecule has 1 unspecified atom stereocenters. The molecule has 0 saturated carbocycles. The quantitative estimate of drug-likeness (QED) is 0.356. The highest BCUT2D eigenvalue weighted by Crippen LogP contribution is 2.27. The summed E-state index contributed by atoms with van der Waals surface area (Å²) in [6.07, 6.45) is 0. The number of carbonyl (C=O) groups is 1. The molecule has 3 rings (SSSR count). The summed E-state index contributed by atoms with van der Waals surface area (Å²) in [6.45, 7) is 6.17. The fourth-order valence-corrected chi connectivity index (χ4v) is 3.51. The van der Waals surface area contributed by atoms with Crippen molar-refractivity contribution in [3.05, 3.63) is 94.0 Å². The third-order valence-electron chi connectivity index (χ3n) is 4.90. The van der Waals surface area contributed by atoms with Crippen LogP contribution in [-0.2, 0) is 0 Å². The van der Waals surface area contributed by atoms with Crippen LogP contribution >= 0.6 is 35.6 Å². The number of hydrogen-bond donors (Lipinski definition) is 1. The van der Waals surface area contributed by atoms with Crippen LogP contribution in [0, 0.1) is 0 Å². The lowest BCUT2D eigenvalue weighted by molar-refractivity contribution is 0.0969. The Morgan fingerprint density at radius 3 is 1.83 bits per heavy atom. The van der Waals surface area contributed by atoms with Gasteiger partial charge in [0.15, 0.2) is 5.78 Å². The Bertz CT molecular complexity index is 938.